The predicted molar refractivity (Wildman–Crippen MR) is 193 cm³/mol. The largest absolute Gasteiger partial charge is 0.455 e. The molecule has 11 heteroatoms. The average molecular weight is 751 g/mol. The van der Waals surface area contributed by atoms with Gasteiger partial charge in [-0.05, 0) is 50.2 Å². The highest BCUT2D eigenvalue weighted by Crippen LogP contribution is 2.60. The van der Waals surface area contributed by atoms with Crippen molar-refractivity contribution in [2.24, 2.45) is 11.8 Å². The summed E-state index contributed by atoms with van der Waals surface area (Å²) < 4.78 is 13.0. The third-order valence-corrected chi connectivity index (χ3v) is 10.9. The number of allylic oxidation sites excluding steroid dienone is 1. The Balaban J connectivity index is 1.47. The topological polar surface area (TPSA) is 125 Å². The summed E-state index contributed by atoms with van der Waals surface area (Å²) in [7, 11) is 0. The van der Waals surface area contributed by atoms with Crippen LogP contribution in [-0.2, 0) is 35.2 Å². The number of fused-ring (bicyclic) bond motifs is 1. The van der Waals surface area contributed by atoms with Gasteiger partial charge in [-0.3, -0.25) is 19.2 Å². The van der Waals surface area contributed by atoms with Crippen molar-refractivity contribution in [3.05, 3.63) is 97.1 Å². The van der Waals surface area contributed by atoms with Crippen LogP contribution in [-0.4, -0.2) is 86.9 Å². The first-order valence-electron chi connectivity index (χ1n) is 17.5. The van der Waals surface area contributed by atoms with Crippen molar-refractivity contribution in [3.8, 4) is 0 Å². The Morgan fingerprint density at radius 2 is 1.80 bits per heavy atom. The second-order valence-electron chi connectivity index (χ2n) is 13.4. The summed E-state index contributed by atoms with van der Waals surface area (Å²) in [6.07, 6.45) is 4.77. The Bertz CT molecular complexity index is 1520. The summed E-state index contributed by atoms with van der Waals surface area (Å²) in [6.45, 7) is 10.3. The van der Waals surface area contributed by atoms with Crippen LogP contribution in [0, 0.1) is 11.8 Å². The van der Waals surface area contributed by atoms with E-state index in [9.17, 15) is 24.3 Å². The van der Waals surface area contributed by atoms with Gasteiger partial charge in [0.1, 0.15) is 17.7 Å². The standard InChI is InChI=1S/C39H48BrN3O7/c1-4-6-20-30(45)41-26(3)33(28-18-12-8-13-19-28)49-38(48)31-32-36(46)43(22-14-9-15-23-44)35(39(32)24-29(40)34(31)50-39)37(47)42(21-5-2)25-27-16-10-7-11-17-27/h4-5,7-8,10-13,16-19,26,29,31-35,44H,1-2,6,9,14-15,20-25H2,3H3,(H,41,45)/t26-,29?,31-,32+,33-,34-,35-,39+/m0/s1. The number of halogens is 1. The van der Waals surface area contributed by atoms with E-state index >= 15 is 0 Å². The van der Waals surface area contributed by atoms with E-state index in [-0.39, 0.29) is 48.7 Å². The Morgan fingerprint density at radius 1 is 1.10 bits per heavy atom. The molecule has 3 heterocycles. The molecule has 268 valence electrons. The maximum Gasteiger partial charge on any atom is 0.313 e. The molecule has 5 rings (SSSR count). The van der Waals surface area contributed by atoms with Crippen LogP contribution < -0.4 is 5.32 Å². The minimum Gasteiger partial charge on any atom is -0.455 e. The molecule has 0 aliphatic carbocycles. The minimum absolute atomic E-state index is 0.0345. The van der Waals surface area contributed by atoms with Crippen molar-refractivity contribution in [1.29, 1.82) is 0 Å². The van der Waals surface area contributed by atoms with Crippen molar-refractivity contribution in [2.75, 3.05) is 19.7 Å². The first-order chi connectivity index (χ1) is 24.2. The molecule has 10 nitrogen and oxygen atoms in total. The quantitative estimate of drug-likeness (QED) is 0.0965. The van der Waals surface area contributed by atoms with Gasteiger partial charge < -0.3 is 29.7 Å². The highest BCUT2D eigenvalue weighted by Gasteiger charge is 2.77. The van der Waals surface area contributed by atoms with Crippen molar-refractivity contribution in [2.45, 2.75) is 86.7 Å². The molecule has 2 aromatic rings. The van der Waals surface area contributed by atoms with Crippen LogP contribution >= 0.6 is 15.9 Å². The zero-order valence-electron chi connectivity index (χ0n) is 28.6. The molecule has 0 saturated carbocycles. The third-order valence-electron chi connectivity index (χ3n) is 10.0. The Morgan fingerprint density at radius 3 is 2.46 bits per heavy atom. The van der Waals surface area contributed by atoms with Gasteiger partial charge in [0.15, 0.2) is 0 Å². The Labute approximate surface area is 303 Å². The van der Waals surface area contributed by atoms with Gasteiger partial charge in [0.25, 0.3) is 0 Å². The maximum atomic E-state index is 14.7. The molecule has 8 atom stereocenters. The molecule has 0 aromatic heterocycles. The summed E-state index contributed by atoms with van der Waals surface area (Å²) in [5, 5.41) is 12.3. The van der Waals surface area contributed by atoms with Crippen molar-refractivity contribution in [3.63, 3.8) is 0 Å². The lowest BCUT2D eigenvalue weighted by atomic mass is 9.70. The van der Waals surface area contributed by atoms with E-state index in [1.54, 1.807) is 28.9 Å². The molecule has 2 aromatic carbocycles. The summed E-state index contributed by atoms with van der Waals surface area (Å²) in [5.41, 5.74) is 0.379. The molecule has 2 bridgehead atoms. The first-order valence-corrected chi connectivity index (χ1v) is 18.4. The minimum atomic E-state index is -1.25. The number of unbranched alkanes of at least 4 members (excludes halogenated alkanes) is 2. The molecular weight excluding hydrogens is 702 g/mol. The number of benzene rings is 2. The number of nitrogens with one attached hydrogen (secondary N) is 1. The van der Waals surface area contributed by atoms with Crippen LogP contribution in [0.2, 0.25) is 0 Å². The summed E-state index contributed by atoms with van der Waals surface area (Å²) in [4.78, 5) is 59.3. The zero-order valence-corrected chi connectivity index (χ0v) is 30.2. The molecule has 1 spiro atoms. The number of hydrogen-bond donors (Lipinski definition) is 2. The summed E-state index contributed by atoms with van der Waals surface area (Å²) in [5.74, 6) is -3.29. The number of ether oxygens (including phenoxy) is 2. The van der Waals surface area contributed by atoms with E-state index in [0.29, 0.717) is 44.2 Å². The lowest BCUT2D eigenvalue weighted by Crippen LogP contribution is -2.56. The normalized spacial score (nSPS) is 26.2. The highest BCUT2D eigenvalue weighted by molar-refractivity contribution is 9.09. The molecule has 3 amide bonds. The fourth-order valence-corrected chi connectivity index (χ4v) is 8.74. The lowest BCUT2D eigenvalue weighted by molar-refractivity contribution is -0.162. The molecule has 3 saturated heterocycles. The number of likely N-dealkylation sites (tertiary alicyclic amines) is 1. The van der Waals surface area contributed by atoms with E-state index in [1.807, 2.05) is 60.7 Å². The number of esters is 1. The molecule has 2 N–H and O–H groups in total. The molecule has 50 heavy (non-hydrogen) atoms. The zero-order chi connectivity index (χ0) is 35.8. The number of carbonyl (C=O) groups is 4. The van der Waals surface area contributed by atoms with Crippen molar-refractivity contribution < 1.29 is 33.8 Å². The number of aliphatic hydroxyl groups is 1. The van der Waals surface area contributed by atoms with E-state index in [0.717, 1.165) is 5.56 Å². The number of hydrogen-bond acceptors (Lipinski definition) is 7. The molecule has 1 unspecified atom stereocenters. The first kappa shape index (κ1) is 37.5. The Hall–Kier alpha value is -3.80. The van der Waals surface area contributed by atoms with Crippen LogP contribution in [0.1, 0.15) is 62.7 Å². The summed E-state index contributed by atoms with van der Waals surface area (Å²) >= 11 is 3.75. The van der Waals surface area contributed by atoms with Gasteiger partial charge in [-0.1, -0.05) is 88.7 Å². The second-order valence-corrected chi connectivity index (χ2v) is 14.6. The van der Waals surface area contributed by atoms with Gasteiger partial charge in [0.2, 0.25) is 17.7 Å². The molecule has 0 radical (unpaired) electrons. The van der Waals surface area contributed by atoms with Gasteiger partial charge in [0.05, 0.1) is 24.0 Å². The highest BCUT2D eigenvalue weighted by atomic mass is 79.9. The predicted octanol–water partition coefficient (Wildman–Crippen LogP) is 4.87. The van der Waals surface area contributed by atoms with Crippen LogP contribution in [0.25, 0.3) is 0 Å². The van der Waals surface area contributed by atoms with Crippen molar-refractivity contribution in [1.82, 2.24) is 15.1 Å². The second kappa shape index (κ2) is 16.9. The smallest absolute Gasteiger partial charge is 0.313 e. The van der Waals surface area contributed by atoms with Gasteiger partial charge in [-0.25, -0.2) is 0 Å². The number of rotatable bonds is 18. The van der Waals surface area contributed by atoms with Crippen molar-refractivity contribution >= 4 is 39.6 Å². The fourth-order valence-electron chi connectivity index (χ4n) is 7.79. The van der Waals surface area contributed by atoms with Gasteiger partial charge in [-0.2, -0.15) is 0 Å². The van der Waals surface area contributed by atoms with Gasteiger partial charge in [-0.15, -0.1) is 13.2 Å². The van der Waals surface area contributed by atoms with Gasteiger partial charge in [0, 0.05) is 37.5 Å². The lowest BCUT2D eigenvalue weighted by Gasteiger charge is -2.37. The number of nitrogens with zero attached hydrogens (tertiary/aromatic N) is 2. The molecule has 3 aliphatic rings. The number of alkyl halides is 1. The van der Waals surface area contributed by atoms with Crippen LogP contribution in [0.15, 0.2) is 86.0 Å². The van der Waals surface area contributed by atoms with E-state index in [4.69, 9.17) is 9.47 Å². The summed E-state index contributed by atoms with van der Waals surface area (Å²) in [6, 6.07) is 17.3. The van der Waals surface area contributed by atoms with Crippen LogP contribution in [0.5, 0.6) is 0 Å². The number of carbonyl (C=O) groups excluding carboxylic acids is 4. The van der Waals surface area contributed by atoms with Gasteiger partial charge >= 0.3 is 5.97 Å². The van der Waals surface area contributed by atoms with E-state index in [2.05, 4.69) is 34.4 Å². The number of aliphatic hydroxyl groups excluding tert-OH is 1. The van der Waals surface area contributed by atoms with Crippen LogP contribution in [0.4, 0.5) is 0 Å². The molecule has 3 fully saturated rings. The maximum absolute atomic E-state index is 14.7. The Kier molecular flexibility index (Phi) is 12.7. The third kappa shape index (κ3) is 7.75. The van der Waals surface area contributed by atoms with E-state index in [1.165, 1.54) is 0 Å². The number of amides is 3. The fraction of sp³-hybridized carbons (Fsp3) is 0.487. The molecule has 3 aliphatic heterocycles. The monoisotopic (exact) mass is 749 g/mol. The van der Waals surface area contributed by atoms with Crippen LogP contribution in [0.3, 0.4) is 0 Å². The SMILES string of the molecule is C=CCCC(=O)N[C@@H](C)[C@H](OC(=O)[C@@H]1[C@H]2O[C@@]3(CC2Br)[C@H](C(=O)N(CC=C)Cc2ccccc2)N(CCCCCO)C(=O)[C@@H]13)c1ccccc1. The average Bonchev–Trinajstić information content (AvgIpc) is 3.71. The van der Waals surface area contributed by atoms with E-state index < -0.39 is 47.7 Å². The molecular formula is C39H48BrN3O7.